The maximum Gasteiger partial charge on any atom is 0.228 e. The Balaban J connectivity index is 0.00000243. The normalized spacial score (nSPS) is 13.7. The molecule has 0 aliphatic carbocycles. The van der Waals surface area contributed by atoms with Crippen LogP contribution >= 0.6 is 12.4 Å². The summed E-state index contributed by atoms with van der Waals surface area (Å²) in [6.07, 6.45) is 0. The Morgan fingerprint density at radius 1 is 1.15 bits per heavy atom. The minimum atomic E-state index is 0. The van der Waals surface area contributed by atoms with E-state index in [1.165, 1.54) is 0 Å². The van der Waals surface area contributed by atoms with Gasteiger partial charge in [-0.2, -0.15) is 0 Å². The summed E-state index contributed by atoms with van der Waals surface area (Å²) in [6, 6.07) is 16.6. The van der Waals surface area contributed by atoms with Gasteiger partial charge in [0.1, 0.15) is 5.75 Å². The second-order valence-corrected chi connectivity index (χ2v) is 6.81. The molecule has 1 fully saturated rings. The molecule has 140 valence electrons. The third kappa shape index (κ3) is 4.37. The van der Waals surface area contributed by atoms with E-state index < -0.39 is 0 Å². The van der Waals surface area contributed by atoms with Crippen LogP contribution in [0, 0.1) is 5.92 Å². The van der Waals surface area contributed by atoms with Crippen LogP contribution in [0.2, 0.25) is 0 Å². The van der Waals surface area contributed by atoms with E-state index in [0.717, 1.165) is 35.5 Å². The molecule has 0 unspecified atom stereocenters. The first-order valence-corrected chi connectivity index (χ1v) is 8.83. The third-order valence-electron chi connectivity index (χ3n) is 4.76. The van der Waals surface area contributed by atoms with Crippen molar-refractivity contribution in [3.8, 4) is 16.9 Å². The van der Waals surface area contributed by atoms with Gasteiger partial charge in [0.15, 0.2) is 0 Å². The van der Waals surface area contributed by atoms with E-state index in [1.54, 1.807) is 7.11 Å². The highest BCUT2D eigenvalue weighted by Gasteiger charge is 2.30. The van der Waals surface area contributed by atoms with Crippen molar-refractivity contribution >= 4 is 18.3 Å². The van der Waals surface area contributed by atoms with Crippen LogP contribution in [-0.2, 0) is 11.3 Å². The molecule has 1 amide bonds. The zero-order valence-electron chi connectivity index (χ0n) is 15.6. The molecule has 1 aliphatic rings. The first kappa shape index (κ1) is 20.3. The van der Waals surface area contributed by atoms with Gasteiger partial charge in [-0.25, -0.2) is 0 Å². The van der Waals surface area contributed by atoms with Crippen LogP contribution in [-0.4, -0.2) is 37.0 Å². The number of benzene rings is 2. The number of carbonyl (C=O) groups excluding carboxylic acids is 1. The van der Waals surface area contributed by atoms with Crippen LogP contribution in [0.25, 0.3) is 11.1 Å². The van der Waals surface area contributed by atoms with Crippen LogP contribution in [0.5, 0.6) is 5.75 Å². The Morgan fingerprint density at radius 2 is 1.81 bits per heavy atom. The number of para-hydroxylation sites is 1. The average Bonchev–Trinajstić information content (AvgIpc) is 2.58. The summed E-state index contributed by atoms with van der Waals surface area (Å²) in [4.78, 5) is 14.6. The molecule has 1 heterocycles. The van der Waals surface area contributed by atoms with Crippen LogP contribution in [0.15, 0.2) is 48.5 Å². The van der Waals surface area contributed by atoms with Gasteiger partial charge in [0, 0.05) is 31.2 Å². The Bertz CT molecular complexity index is 727. The summed E-state index contributed by atoms with van der Waals surface area (Å²) in [6.45, 7) is 6.41. The SMILES string of the molecule is COc1ccccc1-c1ccc(CN(C(=O)C2CNC2)C(C)C)cc1.Cl. The highest BCUT2D eigenvalue weighted by molar-refractivity contribution is 5.85. The van der Waals surface area contributed by atoms with Crippen molar-refractivity contribution < 1.29 is 9.53 Å². The van der Waals surface area contributed by atoms with Gasteiger partial charge in [-0.3, -0.25) is 4.79 Å². The molecule has 26 heavy (non-hydrogen) atoms. The van der Waals surface area contributed by atoms with Gasteiger partial charge < -0.3 is 15.0 Å². The first-order valence-electron chi connectivity index (χ1n) is 8.83. The topological polar surface area (TPSA) is 41.6 Å². The zero-order valence-corrected chi connectivity index (χ0v) is 16.4. The number of hydrogen-bond acceptors (Lipinski definition) is 3. The number of methoxy groups -OCH3 is 1. The van der Waals surface area contributed by atoms with E-state index in [4.69, 9.17) is 4.74 Å². The van der Waals surface area contributed by atoms with Crippen molar-refractivity contribution in [3.05, 3.63) is 54.1 Å². The summed E-state index contributed by atoms with van der Waals surface area (Å²) < 4.78 is 5.44. The second-order valence-electron chi connectivity index (χ2n) is 6.81. The molecule has 4 nitrogen and oxygen atoms in total. The number of carbonyl (C=O) groups is 1. The summed E-state index contributed by atoms with van der Waals surface area (Å²) in [5.74, 6) is 1.25. The Labute approximate surface area is 162 Å². The van der Waals surface area contributed by atoms with E-state index in [9.17, 15) is 4.79 Å². The smallest absolute Gasteiger partial charge is 0.228 e. The van der Waals surface area contributed by atoms with Crippen LogP contribution in [0.4, 0.5) is 0 Å². The lowest BCUT2D eigenvalue weighted by atomic mass is 9.99. The molecular formula is C21H27ClN2O2. The molecule has 3 rings (SSSR count). The van der Waals surface area contributed by atoms with Gasteiger partial charge >= 0.3 is 0 Å². The third-order valence-corrected chi connectivity index (χ3v) is 4.76. The molecule has 1 aliphatic heterocycles. The van der Waals surface area contributed by atoms with Gasteiger partial charge in [0.2, 0.25) is 5.91 Å². The van der Waals surface area contributed by atoms with Crippen molar-refractivity contribution in [2.45, 2.75) is 26.4 Å². The standard InChI is InChI=1S/C21H26N2O2.ClH/c1-15(2)23(21(24)18-12-22-13-18)14-16-8-10-17(11-9-16)19-6-4-5-7-20(19)25-3;/h4-11,15,18,22H,12-14H2,1-3H3;1H. The summed E-state index contributed by atoms with van der Waals surface area (Å²) in [5.41, 5.74) is 3.34. The number of rotatable bonds is 6. The van der Waals surface area contributed by atoms with Gasteiger partial charge in [0.25, 0.3) is 0 Å². The maximum absolute atomic E-state index is 12.6. The quantitative estimate of drug-likeness (QED) is 0.837. The van der Waals surface area contributed by atoms with Crippen LogP contribution in [0.1, 0.15) is 19.4 Å². The largest absolute Gasteiger partial charge is 0.496 e. The lowest BCUT2D eigenvalue weighted by Crippen LogP contribution is -2.53. The van der Waals surface area contributed by atoms with Gasteiger partial charge in [-0.15, -0.1) is 12.4 Å². The lowest BCUT2D eigenvalue weighted by Gasteiger charge is -2.35. The number of nitrogens with zero attached hydrogens (tertiary/aromatic N) is 1. The van der Waals surface area contributed by atoms with Crippen LogP contribution in [0.3, 0.4) is 0 Å². The van der Waals surface area contributed by atoms with Crippen molar-refractivity contribution in [1.82, 2.24) is 10.2 Å². The molecule has 0 spiro atoms. The maximum atomic E-state index is 12.6. The summed E-state index contributed by atoms with van der Waals surface area (Å²) in [5, 5.41) is 3.18. The van der Waals surface area contributed by atoms with Gasteiger partial charge in [-0.1, -0.05) is 42.5 Å². The minimum absolute atomic E-state index is 0. The number of nitrogens with one attached hydrogen (secondary N) is 1. The van der Waals surface area contributed by atoms with Crippen molar-refractivity contribution in [3.63, 3.8) is 0 Å². The minimum Gasteiger partial charge on any atom is -0.496 e. The fourth-order valence-electron chi connectivity index (χ4n) is 3.08. The number of ether oxygens (including phenoxy) is 1. The van der Waals surface area contributed by atoms with Crippen molar-refractivity contribution in [2.24, 2.45) is 5.92 Å². The van der Waals surface area contributed by atoms with Crippen LogP contribution < -0.4 is 10.1 Å². The first-order chi connectivity index (χ1) is 12.1. The highest BCUT2D eigenvalue weighted by atomic mass is 35.5. The summed E-state index contributed by atoms with van der Waals surface area (Å²) in [7, 11) is 1.69. The lowest BCUT2D eigenvalue weighted by molar-refractivity contribution is -0.139. The van der Waals surface area contributed by atoms with Crippen molar-refractivity contribution in [1.29, 1.82) is 0 Å². The molecule has 5 heteroatoms. The predicted molar refractivity (Wildman–Crippen MR) is 108 cm³/mol. The molecule has 1 N–H and O–H groups in total. The Morgan fingerprint density at radius 3 is 2.35 bits per heavy atom. The van der Waals surface area contributed by atoms with E-state index in [2.05, 4.69) is 49.5 Å². The molecular weight excluding hydrogens is 348 g/mol. The van der Waals surface area contributed by atoms with E-state index in [-0.39, 0.29) is 30.3 Å². The van der Waals surface area contributed by atoms with Crippen molar-refractivity contribution in [2.75, 3.05) is 20.2 Å². The van der Waals surface area contributed by atoms with Gasteiger partial charge in [0.05, 0.1) is 13.0 Å². The molecule has 0 radical (unpaired) electrons. The molecule has 0 atom stereocenters. The highest BCUT2D eigenvalue weighted by Crippen LogP contribution is 2.29. The fraction of sp³-hybridized carbons (Fsp3) is 0.381. The van der Waals surface area contributed by atoms with E-state index in [0.29, 0.717) is 6.54 Å². The van der Waals surface area contributed by atoms with Gasteiger partial charge in [-0.05, 0) is 31.0 Å². The molecule has 1 saturated heterocycles. The zero-order chi connectivity index (χ0) is 17.8. The molecule has 0 saturated carbocycles. The number of hydrogen-bond donors (Lipinski definition) is 1. The Kier molecular flexibility index (Phi) is 7.06. The molecule has 0 aromatic heterocycles. The summed E-state index contributed by atoms with van der Waals surface area (Å²) >= 11 is 0. The average molecular weight is 375 g/mol. The van der Waals surface area contributed by atoms with E-state index in [1.807, 2.05) is 23.1 Å². The fourth-order valence-corrected chi connectivity index (χ4v) is 3.08. The predicted octanol–water partition coefficient (Wildman–Crippen LogP) is 3.74. The number of amides is 1. The molecule has 2 aromatic carbocycles. The second kappa shape index (κ2) is 9.06. The molecule has 0 bridgehead atoms. The Hall–Kier alpha value is -2.04. The monoisotopic (exact) mass is 374 g/mol. The molecule has 2 aromatic rings. The number of halogens is 1. The van der Waals surface area contributed by atoms with E-state index >= 15 is 0 Å².